The number of carbonyl (C=O) groups is 1. The van der Waals surface area contributed by atoms with Crippen molar-refractivity contribution < 1.29 is 4.79 Å². The first-order chi connectivity index (χ1) is 6.77. The van der Waals surface area contributed by atoms with Gasteiger partial charge in [0.1, 0.15) is 0 Å². The van der Waals surface area contributed by atoms with Crippen molar-refractivity contribution in [2.24, 2.45) is 5.92 Å². The topological polar surface area (TPSA) is 29.1 Å². The molecule has 0 amide bonds. The van der Waals surface area contributed by atoms with E-state index in [9.17, 15) is 4.79 Å². The number of hydrogen-bond donors (Lipinski definition) is 1. The molecular formula is C12H15NO. The number of ketones is 1. The maximum atomic E-state index is 11.9. The van der Waals surface area contributed by atoms with Crippen LogP contribution < -0.4 is 5.32 Å². The van der Waals surface area contributed by atoms with Gasteiger partial charge < -0.3 is 5.32 Å². The summed E-state index contributed by atoms with van der Waals surface area (Å²) in [6.45, 7) is 3.85. The van der Waals surface area contributed by atoms with E-state index < -0.39 is 0 Å². The zero-order valence-corrected chi connectivity index (χ0v) is 8.42. The Morgan fingerprint density at radius 2 is 2.07 bits per heavy atom. The fourth-order valence-electron chi connectivity index (χ4n) is 1.83. The monoisotopic (exact) mass is 189 g/mol. The third kappa shape index (κ3) is 1.85. The van der Waals surface area contributed by atoms with Crippen molar-refractivity contribution in [2.45, 2.75) is 13.3 Å². The van der Waals surface area contributed by atoms with Crippen molar-refractivity contribution in [2.75, 3.05) is 13.1 Å². The van der Waals surface area contributed by atoms with Crippen LogP contribution in [0.15, 0.2) is 24.3 Å². The number of nitrogens with one attached hydrogen (secondary N) is 1. The second-order valence-corrected chi connectivity index (χ2v) is 3.92. The third-order valence-electron chi connectivity index (χ3n) is 2.77. The molecule has 1 fully saturated rings. The van der Waals surface area contributed by atoms with E-state index in [1.807, 2.05) is 31.2 Å². The number of rotatable bonds is 2. The van der Waals surface area contributed by atoms with Crippen molar-refractivity contribution in [3.8, 4) is 0 Å². The highest BCUT2D eigenvalue weighted by Crippen LogP contribution is 2.15. The van der Waals surface area contributed by atoms with E-state index in [1.54, 1.807) is 0 Å². The van der Waals surface area contributed by atoms with Gasteiger partial charge in [0.05, 0.1) is 0 Å². The van der Waals surface area contributed by atoms with Gasteiger partial charge in [-0.05, 0) is 19.9 Å². The lowest BCUT2D eigenvalue weighted by Gasteiger charge is -2.06. The second kappa shape index (κ2) is 3.93. The molecule has 0 bridgehead atoms. The predicted molar refractivity (Wildman–Crippen MR) is 56.5 cm³/mol. The minimum atomic E-state index is 0.192. The molecule has 14 heavy (non-hydrogen) atoms. The molecule has 0 aliphatic carbocycles. The molecule has 1 aliphatic rings. The molecule has 2 nitrogen and oxygen atoms in total. The summed E-state index contributed by atoms with van der Waals surface area (Å²) in [5.74, 6) is 0.479. The van der Waals surface area contributed by atoms with E-state index in [0.717, 1.165) is 25.1 Å². The summed E-state index contributed by atoms with van der Waals surface area (Å²) in [5, 5.41) is 3.21. The summed E-state index contributed by atoms with van der Waals surface area (Å²) in [4.78, 5) is 11.9. The Labute approximate surface area is 84.3 Å². The molecule has 2 heteroatoms. The van der Waals surface area contributed by atoms with Crippen molar-refractivity contribution in [1.29, 1.82) is 0 Å². The Morgan fingerprint density at radius 3 is 2.64 bits per heavy atom. The van der Waals surface area contributed by atoms with Crippen molar-refractivity contribution in [3.63, 3.8) is 0 Å². The van der Waals surface area contributed by atoms with Crippen LogP contribution in [-0.2, 0) is 0 Å². The summed E-state index contributed by atoms with van der Waals surface area (Å²) in [6, 6.07) is 7.84. The first kappa shape index (κ1) is 9.41. The first-order valence-corrected chi connectivity index (χ1v) is 5.09. The maximum Gasteiger partial charge on any atom is 0.167 e. The highest BCUT2D eigenvalue weighted by molar-refractivity contribution is 5.98. The molecule has 1 N–H and O–H groups in total. The van der Waals surface area contributed by atoms with Crippen LogP contribution in [0.5, 0.6) is 0 Å². The fourth-order valence-corrected chi connectivity index (χ4v) is 1.83. The zero-order valence-electron chi connectivity index (χ0n) is 8.42. The average molecular weight is 189 g/mol. The molecule has 1 aromatic carbocycles. The van der Waals surface area contributed by atoms with E-state index in [2.05, 4.69) is 5.32 Å². The van der Waals surface area contributed by atoms with Gasteiger partial charge in [-0.25, -0.2) is 0 Å². The zero-order chi connectivity index (χ0) is 9.97. The number of hydrogen-bond acceptors (Lipinski definition) is 2. The van der Waals surface area contributed by atoms with Crippen LogP contribution in [0.1, 0.15) is 22.3 Å². The quantitative estimate of drug-likeness (QED) is 0.719. The van der Waals surface area contributed by atoms with Crippen molar-refractivity contribution in [1.82, 2.24) is 5.32 Å². The van der Waals surface area contributed by atoms with Crippen LogP contribution in [0.25, 0.3) is 0 Å². The Kier molecular flexibility index (Phi) is 2.64. The summed E-state index contributed by atoms with van der Waals surface area (Å²) in [6.07, 6.45) is 0.979. The normalized spacial score (nSPS) is 21.1. The largest absolute Gasteiger partial charge is 0.316 e. The molecule has 0 spiro atoms. The number of Topliss-reactive ketones (excluding diaryl/α,β-unsaturated/α-hetero) is 1. The highest BCUT2D eigenvalue weighted by atomic mass is 16.1. The van der Waals surface area contributed by atoms with Crippen molar-refractivity contribution >= 4 is 5.78 Å². The van der Waals surface area contributed by atoms with Crippen LogP contribution in [0.2, 0.25) is 0 Å². The van der Waals surface area contributed by atoms with Gasteiger partial charge in [-0.15, -0.1) is 0 Å². The lowest BCUT2D eigenvalue weighted by molar-refractivity contribution is 0.0930. The third-order valence-corrected chi connectivity index (χ3v) is 2.77. The second-order valence-electron chi connectivity index (χ2n) is 3.92. The number of benzene rings is 1. The summed E-state index contributed by atoms with van der Waals surface area (Å²) in [7, 11) is 0. The molecule has 0 aromatic heterocycles. The van der Waals surface area contributed by atoms with E-state index in [1.165, 1.54) is 5.56 Å². The molecule has 2 rings (SSSR count). The minimum absolute atomic E-state index is 0.192. The van der Waals surface area contributed by atoms with E-state index in [-0.39, 0.29) is 11.7 Å². The Bertz CT molecular complexity index is 323. The van der Waals surface area contributed by atoms with E-state index in [0.29, 0.717) is 0 Å². The lowest BCUT2D eigenvalue weighted by atomic mass is 9.96. The summed E-state index contributed by atoms with van der Waals surface area (Å²) < 4.78 is 0. The van der Waals surface area contributed by atoms with Gasteiger partial charge in [0.2, 0.25) is 0 Å². The summed E-state index contributed by atoms with van der Waals surface area (Å²) in [5.41, 5.74) is 2.05. The number of carbonyl (C=O) groups excluding carboxylic acids is 1. The van der Waals surface area contributed by atoms with Gasteiger partial charge in [0.25, 0.3) is 0 Å². The SMILES string of the molecule is Cc1ccc(C(=O)C2CCNC2)cc1. The Balaban J connectivity index is 2.14. The smallest absolute Gasteiger partial charge is 0.167 e. The highest BCUT2D eigenvalue weighted by Gasteiger charge is 2.23. The average Bonchev–Trinajstić information content (AvgIpc) is 2.71. The van der Waals surface area contributed by atoms with Gasteiger partial charge in [-0.1, -0.05) is 29.8 Å². The predicted octanol–water partition coefficient (Wildman–Crippen LogP) is 1.79. The van der Waals surface area contributed by atoms with Gasteiger partial charge >= 0.3 is 0 Å². The number of aryl methyl sites for hydroxylation is 1. The molecule has 1 atom stereocenters. The summed E-state index contributed by atoms with van der Waals surface area (Å²) >= 11 is 0. The molecule has 1 heterocycles. The maximum absolute atomic E-state index is 11.9. The molecule has 74 valence electrons. The first-order valence-electron chi connectivity index (χ1n) is 5.09. The van der Waals surface area contributed by atoms with E-state index in [4.69, 9.17) is 0 Å². The van der Waals surface area contributed by atoms with Crippen LogP contribution in [0.4, 0.5) is 0 Å². The van der Waals surface area contributed by atoms with Crippen LogP contribution >= 0.6 is 0 Å². The van der Waals surface area contributed by atoms with Crippen LogP contribution in [-0.4, -0.2) is 18.9 Å². The Morgan fingerprint density at radius 1 is 1.36 bits per heavy atom. The van der Waals surface area contributed by atoms with Crippen LogP contribution in [0.3, 0.4) is 0 Å². The van der Waals surface area contributed by atoms with E-state index >= 15 is 0 Å². The van der Waals surface area contributed by atoms with Gasteiger partial charge in [0, 0.05) is 18.0 Å². The van der Waals surface area contributed by atoms with Crippen molar-refractivity contribution in [3.05, 3.63) is 35.4 Å². The van der Waals surface area contributed by atoms with Crippen LogP contribution in [0, 0.1) is 12.8 Å². The van der Waals surface area contributed by atoms with Gasteiger partial charge in [0.15, 0.2) is 5.78 Å². The molecule has 1 aliphatic heterocycles. The fraction of sp³-hybridized carbons (Fsp3) is 0.417. The molecular weight excluding hydrogens is 174 g/mol. The molecule has 0 radical (unpaired) electrons. The molecule has 1 unspecified atom stereocenters. The minimum Gasteiger partial charge on any atom is -0.316 e. The standard InChI is InChI=1S/C12H15NO/c1-9-2-4-10(5-3-9)12(14)11-6-7-13-8-11/h2-5,11,13H,6-8H2,1H3. The molecule has 1 saturated heterocycles. The molecule has 1 aromatic rings. The lowest BCUT2D eigenvalue weighted by Crippen LogP contribution is -2.17. The Hall–Kier alpha value is -1.15. The molecule has 0 saturated carbocycles. The van der Waals surface area contributed by atoms with Gasteiger partial charge in [-0.3, -0.25) is 4.79 Å². The van der Waals surface area contributed by atoms with Gasteiger partial charge in [-0.2, -0.15) is 0 Å².